The van der Waals surface area contributed by atoms with Crippen LogP contribution in [0.25, 0.3) is 22.0 Å². The summed E-state index contributed by atoms with van der Waals surface area (Å²) in [5, 5.41) is 8.29. The minimum absolute atomic E-state index is 0.195. The minimum atomic E-state index is -0.195. The molecular formula is C22H24N2O3. The van der Waals surface area contributed by atoms with Crippen molar-refractivity contribution >= 4 is 16.9 Å². The molecule has 0 amide bonds. The molecule has 0 spiro atoms. The number of ether oxygens (including phenoxy) is 2. The monoisotopic (exact) mass is 364 g/mol. The number of carbonyl (C=O) groups excluding carboxylic acids is 1. The lowest BCUT2D eigenvalue weighted by Crippen LogP contribution is -2.11. The van der Waals surface area contributed by atoms with E-state index in [-0.39, 0.29) is 12.1 Å². The molecule has 1 fully saturated rings. The fraction of sp³-hybridized carbons (Fsp3) is 0.364. The summed E-state index contributed by atoms with van der Waals surface area (Å²) in [6.07, 6.45) is 7.83. The number of hydrogen-bond acceptors (Lipinski definition) is 4. The molecule has 140 valence electrons. The zero-order valence-electron chi connectivity index (χ0n) is 15.5. The second-order valence-electron chi connectivity index (χ2n) is 7.07. The molecule has 0 atom stereocenters. The van der Waals surface area contributed by atoms with Gasteiger partial charge >= 0.3 is 5.97 Å². The quantitative estimate of drug-likeness (QED) is 0.646. The third-order valence-electron chi connectivity index (χ3n) is 5.26. The fourth-order valence-corrected chi connectivity index (χ4v) is 3.78. The molecule has 1 aliphatic carbocycles. The summed E-state index contributed by atoms with van der Waals surface area (Å²) < 4.78 is 11.1. The summed E-state index contributed by atoms with van der Waals surface area (Å²) in [5.74, 6) is 0.706. The van der Waals surface area contributed by atoms with Crippen LogP contribution in [0, 0.1) is 0 Å². The van der Waals surface area contributed by atoms with E-state index >= 15 is 0 Å². The van der Waals surface area contributed by atoms with Crippen LogP contribution >= 0.6 is 0 Å². The standard InChI is InChI=1S/C22H24N2O3/c1-26-22(25)12-10-15-9-11-21(27-16-5-2-3-6-16)18(13-15)17-7-4-8-20-19(17)14-23-24-20/h4,7-9,11,13-14,16H,2-3,5-6,10,12H2,1H3,(H,23,24). The molecule has 0 aliphatic heterocycles. The van der Waals surface area contributed by atoms with E-state index in [0.29, 0.717) is 12.8 Å². The largest absolute Gasteiger partial charge is 0.490 e. The zero-order valence-corrected chi connectivity index (χ0v) is 15.5. The molecule has 2 aromatic carbocycles. The number of aromatic amines is 1. The Bertz CT molecular complexity index is 942. The highest BCUT2D eigenvalue weighted by Gasteiger charge is 2.19. The number of benzene rings is 2. The smallest absolute Gasteiger partial charge is 0.305 e. The fourth-order valence-electron chi connectivity index (χ4n) is 3.78. The molecule has 0 radical (unpaired) electrons. The summed E-state index contributed by atoms with van der Waals surface area (Å²) in [6, 6.07) is 12.4. The highest BCUT2D eigenvalue weighted by molar-refractivity contribution is 5.96. The highest BCUT2D eigenvalue weighted by Crippen LogP contribution is 2.37. The Morgan fingerprint density at radius 1 is 1.19 bits per heavy atom. The van der Waals surface area contributed by atoms with E-state index in [4.69, 9.17) is 9.47 Å². The molecular weight excluding hydrogens is 340 g/mol. The van der Waals surface area contributed by atoms with Gasteiger partial charge in [-0.15, -0.1) is 0 Å². The third kappa shape index (κ3) is 3.82. The van der Waals surface area contributed by atoms with Crippen LogP contribution in [0.3, 0.4) is 0 Å². The number of methoxy groups -OCH3 is 1. The van der Waals surface area contributed by atoms with Crippen LogP contribution in [0.15, 0.2) is 42.6 Å². The van der Waals surface area contributed by atoms with Gasteiger partial charge < -0.3 is 9.47 Å². The van der Waals surface area contributed by atoms with Crippen LogP contribution in [0.4, 0.5) is 0 Å². The van der Waals surface area contributed by atoms with Crippen molar-refractivity contribution < 1.29 is 14.3 Å². The van der Waals surface area contributed by atoms with Gasteiger partial charge in [0.25, 0.3) is 0 Å². The maximum absolute atomic E-state index is 11.5. The lowest BCUT2D eigenvalue weighted by molar-refractivity contribution is -0.140. The number of esters is 1. The Hall–Kier alpha value is -2.82. The van der Waals surface area contributed by atoms with Gasteiger partial charge in [-0.1, -0.05) is 18.2 Å². The van der Waals surface area contributed by atoms with Gasteiger partial charge in [-0.05, 0) is 61.4 Å². The molecule has 27 heavy (non-hydrogen) atoms. The molecule has 0 unspecified atom stereocenters. The van der Waals surface area contributed by atoms with E-state index in [1.807, 2.05) is 30.5 Å². The number of H-pyrrole nitrogens is 1. The number of hydrogen-bond donors (Lipinski definition) is 1. The van der Waals surface area contributed by atoms with Crippen molar-refractivity contribution in [3.8, 4) is 16.9 Å². The van der Waals surface area contributed by atoms with Crippen LogP contribution in [0.1, 0.15) is 37.7 Å². The number of fused-ring (bicyclic) bond motifs is 1. The van der Waals surface area contributed by atoms with Crippen molar-refractivity contribution in [2.45, 2.75) is 44.6 Å². The predicted molar refractivity (Wildman–Crippen MR) is 105 cm³/mol. The van der Waals surface area contributed by atoms with Crippen LogP contribution in [0.2, 0.25) is 0 Å². The van der Waals surface area contributed by atoms with Crippen LogP contribution in [-0.2, 0) is 16.0 Å². The first-order valence-corrected chi connectivity index (χ1v) is 9.53. The summed E-state index contributed by atoms with van der Waals surface area (Å²) in [4.78, 5) is 11.5. The van der Waals surface area contributed by atoms with E-state index in [9.17, 15) is 4.79 Å². The van der Waals surface area contributed by atoms with Gasteiger partial charge in [-0.25, -0.2) is 0 Å². The van der Waals surface area contributed by atoms with E-state index in [0.717, 1.165) is 46.2 Å². The third-order valence-corrected chi connectivity index (χ3v) is 5.26. The van der Waals surface area contributed by atoms with Gasteiger partial charge in [0.05, 0.1) is 24.9 Å². The topological polar surface area (TPSA) is 64.2 Å². The Morgan fingerprint density at radius 2 is 2.04 bits per heavy atom. The number of nitrogens with one attached hydrogen (secondary N) is 1. The van der Waals surface area contributed by atoms with E-state index in [1.54, 1.807) is 0 Å². The summed E-state index contributed by atoms with van der Waals surface area (Å²) in [6.45, 7) is 0. The van der Waals surface area contributed by atoms with Crippen molar-refractivity contribution in [1.82, 2.24) is 10.2 Å². The first-order chi connectivity index (χ1) is 13.2. The van der Waals surface area contributed by atoms with Crippen LogP contribution < -0.4 is 4.74 Å². The van der Waals surface area contributed by atoms with Crippen molar-refractivity contribution in [3.05, 3.63) is 48.2 Å². The Balaban J connectivity index is 1.72. The van der Waals surface area contributed by atoms with Gasteiger partial charge in [0.2, 0.25) is 0 Å². The van der Waals surface area contributed by atoms with Crippen molar-refractivity contribution in [1.29, 1.82) is 0 Å². The summed E-state index contributed by atoms with van der Waals surface area (Å²) in [5.41, 5.74) is 4.24. The predicted octanol–water partition coefficient (Wildman–Crippen LogP) is 4.66. The first-order valence-electron chi connectivity index (χ1n) is 9.53. The summed E-state index contributed by atoms with van der Waals surface area (Å²) >= 11 is 0. The highest BCUT2D eigenvalue weighted by atomic mass is 16.5. The lowest BCUT2D eigenvalue weighted by Gasteiger charge is -2.18. The molecule has 5 heteroatoms. The molecule has 1 aromatic heterocycles. The van der Waals surface area contributed by atoms with E-state index in [1.165, 1.54) is 20.0 Å². The lowest BCUT2D eigenvalue weighted by atomic mass is 9.97. The Kier molecular flexibility index (Phi) is 5.10. The van der Waals surface area contributed by atoms with Gasteiger partial charge in [-0.3, -0.25) is 9.89 Å². The molecule has 0 saturated heterocycles. The molecule has 0 bridgehead atoms. The van der Waals surface area contributed by atoms with E-state index < -0.39 is 0 Å². The molecule has 1 N–H and O–H groups in total. The zero-order chi connectivity index (χ0) is 18.6. The van der Waals surface area contributed by atoms with Crippen molar-refractivity contribution in [2.24, 2.45) is 0 Å². The molecule has 1 saturated carbocycles. The molecule has 3 aromatic rings. The number of rotatable bonds is 6. The Labute approximate surface area is 158 Å². The number of aryl methyl sites for hydroxylation is 1. The van der Waals surface area contributed by atoms with E-state index in [2.05, 4.69) is 22.3 Å². The number of aromatic nitrogens is 2. The van der Waals surface area contributed by atoms with Crippen molar-refractivity contribution in [2.75, 3.05) is 7.11 Å². The maximum atomic E-state index is 11.5. The van der Waals surface area contributed by atoms with Gasteiger partial charge in [-0.2, -0.15) is 5.10 Å². The van der Waals surface area contributed by atoms with Crippen molar-refractivity contribution in [3.63, 3.8) is 0 Å². The van der Waals surface area contributed by atoms with Gasteiger partial charge in [0, 0.05) is 17.4 Å². The van der Waals surface area contributed by atoms with Crippen LogP contribution in [-0.4, -0.2) is 29.4 Å². The summed E-state index contributed by atoms with van der Waals surface area (Å²) in [7, 11) is 1.42. The molecule has 1 aliphatic rings. The second-order valence-corrected chi connectivity index (χ2v) is 7.07. The van der Waals surface area contributed by atoms with Gasteiger partial charge in [0.15, 0.2) is 0 Å². The SMILES string of the molecule is COC(=O)CCc1ccc(OC2CCCC2)c(-c2cccc3[nH]ncc23)c1. The average molecular weight is 364 g/mol. The number of carbonyl (C=O) groups is 1. The minimum Gasteiger partial charge on any atom is -0.490 e. The molecule has 5 nitrogen and oxygen atoms in total. The second kappa shape index (κ2) is 7.82. The number of nitrogens with zero attached hydrogens (tertiary/aromatic N) is 1. The maximum Gasteiger partial charge on any atom is 0.305 e. The average Bonchev–Trinajstić information content (AvgIpc) is 3.38. The molecule has 4 rings (SSSR count). The van der Waals surface area contributed by atoms with Crippen LogP contribution in [0.5, 0.6) is 5.75 Å². The van der Waals surface area contributed by atoms with Gasteiger partial charge in [0.1, 0.15) is 5.75 Å². The molecule has 1 heterocycles. The normalized spacial score (nSPS) is 14.6. The first kappa shape index (κ1) is 17.6. The Morgan fingerprint density at radius 3 is 2.85 bits per heavy atom.